The molecular weight excluding hydrogens is 468 g/mol. The molecule has 0 unspecified atom stereocenters. The highest BCUT2D eigenvalue weighted by molar-refractivity contribution is 7.14. The van der Waals surface area contributed by atoms with E-state index in [1.54, 1.807) is 30.7 Å². The lowest BCUT2D eigenvalue weighted by atomic mass is 10.2. The molecule has 1 N–H and O–H groups in total. The predicted octanol–water partition coefficient (Wildman–Crippen LogP) is 3.31. The van der Waals surface area contributed by atoms with Gasteiger partial charge in [0, 0.05) is 37.1 Å². The molecule has 0 radical (unpaired) electrons. The molecule has 0 saturated carbocycles. The zero-order valence-electron chi connectivity index (χ0n) is 19.9. The topological polar surface area (TPSA) is 93.2 Å². The van der Waals surface area contributed by atoms with E-state index in [1.165, 1.54) is 25.6 Å². The maximum atomic E-state index is 12.9. The molecule has 3 aromatic rings. The van der Waals surface area contributed by atoms with Gasteiger partial charge in [-0.25, -0.2) is 4.98 Å². The number of anilines is 2. The number of ether oxygens (including phenoxy) is 3. The summed E-state index contributed by atoms with van der Waals surface area (Å²) in [4.78, 5) is 34.0. The first-order chi connectivity index (χ1) is 17.0. The van der Waals surface area contributed by atoms with Crippen LogP contribution in [0.4, 0.5) is 10.8 Å². The standard InChI is InChI=1S/C25H28N4O5S/c1-32-20-7-5-4-6-19(20)28-10-12-29(13-11-28)23(30)15-18-16-35-25(26-18)27-24(31)17-8-9-21(33-2)22(14-17)34-3/h4-9,14,16H,10-13,15H2,1-3H3,(H,26,27,31). The number of para-hydroxylation sites is 2. The number of hydrogen-bond donors (Lipinski definition) is 1. The summed E-state index contributed by atoms with van der Waals surface area (Å²) in [7, 11) is 4.72. The number of rotatable bonds is 8. The van der Waals surface area contributed by atoms with E-state index in [2.05, 4.69) is 15.2 Å². The molecule has 1 aliphatic heterocycles. The van der Waals surface area contributed by atoms with Crippen LogP contribution < -0.4 is 24.4 Å². The van der Waals surface area contributed by atoms with Crippen molar-refractivity contribution in [3.05, 3.63) is 59.1 Å². The van der Waals surface area contributed by atoms with Gasteiger partial charge in [0.05, 0.1) is 39.1 Å². The van der Waals surface area contributed by atoms with Crippen LogP contribution in [0.3, 0.4) is 0 Å². The Bertz CT molecular complexity index is 1190. The first-order valence-electron chi connectivity index (χ1n) is 11.2. The first kappa shape index (κ1) is 24.3. The molecule has 0 atom stereocenters. The number of nitrogens with one attached hydrogen (secondary N) is 1. The van der Waals surface area contributed by atoms with Crippen molar-refractivity contribution in [1.29, 1.82) is 0 Å². The monoisotopic (exact) mass is 496 g/mol. The number of nitrogens with zero attached hydrogens (tertiary/aromatic N) is 3. The van der Waals surface area contributed by atoms with Crippen molar-refractivity contribution >= 4 is 34.0 Å². The van der Waals surface area contributed by atoms with Crippen LogP contribution in [-0.2, 0) is 11.2 Å². The lowest BCUT2D eigenvalue weighted by molar-refractivity contribution is -0.130. The lowest BCUT2D eigenvalue weighted by Gasteiger charge is -2.36. The van der Waals surface area contributed by atoms with Gasteiger partial charge in [0.1, 0.15) is 5.75 Å². The number of carbonyl (C=O) groups is 2. The smallest absolute Gasteiger partial charge is 0.257 e. The van der Waals surface area contributed by atoms with Gasteiger partial charge in [-0.05, 0) is 30.3 Å². The largest absolute Gasteiger partial charge is 0.495 e. The average Bonchev–Trinajstić information content (AvgIpc) is 3.34. The van der Waals surface area contributed by atoms with E-state index in [0.717, 1.165) is 24.5 Å². The second kappa shape index (κ2) is 11.1. The quantitative estimate of drug-likeness (QED) is 0.511. The second-order valence-electron chi connectivity index (χ2n) is 7.88. The van der Waals surface area contributed by atoms with Crippen LogP contribution in [0.15, 0.2) is 47.8 Å². The normalized spacial score (nSPS) is 13.3. The minimum atomic E-state index is -0.314. The Morgan fingerprint density at radius 3 is 2.37 bits per heavy atom. The number of aromatic nitrogens is 1. The fraction of sp³-hybridized carbons (Fsp3) is 0.320. The summed E-state index contributed by atoms with van der Waals surface area (Å²) in [6.07, 6.45) is 0.192. The SMILES string of the molecule is COc1ccc(C(=O)Nc2nc(CC(=O)N3CCN(c4ccccc4OC)CC3)cs2)cc1OC. The van der Waals surface area contributed by atoms with Crippen LogP contribution in [0.1, 0.15) is 16.1 Å². The van der Waals surface area contributed by atoms with Gasteiger partial charge in [0.2, 0.25) is 5.91 Å². The molecule has 0 bridgehead atoms. The number of piperazine rings is 1. The Labute approximate surface area is 208 Å². The van der Waals surface area contributed by atoms with E-state index >= 15 is 0 Å². The van der Waals surface area contributed by atoms with E-state index in [0.29, 0.717) is 41.0 Å². The van der Waals surface area contributed by atoms with E-state index in [4.69, 9.17) is 14.2 Å². The van der Waals surface area contributed by atoms with Crippen LogP contribution in [0, 0.1) is 0 Å². The Kier molecular flexibility index (Phi) is 7.71. The van der Waals surface area contributed by atoms with Gasteiger partial charge in [-0.15, -0.1) is 11.3 Å². The first-order valence-corrected chi connectivity index (χ1v) is 12.0. The summed E-state index contributed by atoms with van der Waals surface area (Å²) in [6, 6.07) is 12.8. The van der Waals surface area contributed by atoms with Crippen molar-refractivity contribution in [3.8, 4) is 17.2 Å². The van der Waals surface area contributed by atoms with Gasteiger partial charge >= 0.3 is 0 Å². The summed E-state index contributed by atoms with van der Waals surface area (Å²) in [5.74, 6) is 1.55. The Morgan fingerprint density at radius 1 is 0.943 bits per heavy atom. The highest BCUT2D eigenvalue weighted by atomic mass is 32.1. The van der Waals surface area contributed by atoms with Crippen LogP contribution >= 0.6 is 11.3 Å². The van der Waals surface area contributed by atoms with Crippen molar-refractivity contribution < 1.29 is 23.8 Å². The maximum absolute atomic E-state index is 12.9. The van der Waals surface area contributed by atoms with Crippen LogP contribution in [0.2, 0.25) is 0 Å². The molecule has 2 heterocycles. The second-order valence-corrected chi connectivity index (χ2v) is 8.74. The van der Waals surface area contributed by atoms with Gasteiger partial charge in [-0.1, -0.05) is 12.1 Å². The summed E-state index contributed by atoms with van der Waals surface area (Å²) in [5, 5.41) is 5.02. The molecule has 1 aliphatic rings. The number of carbonyl (C=O) groups excluding carboxylic acids is 2. The summed E-state index contributed by atoms with van der Waals surface area (Å²) >= 11 is 1.29. The third-order valence-corrected chi connectivity index (χ3v) is 6.62. The summed E-state index contributed by atoms with van der Waals surface area (Å²) in [6.45, 7) is 2.72. The predicted molar refractivity (Wildman–Crippen MR) is 135 cm³/mol. The number of methoxy groups -OCH3 is 3. The molecule has 35 heavy (non-hydrogen) atoms. The Morgan fingerprint density at radius 2 is 1.66 bits per heavy atom. The van der Waals surface area contributed by atoms with Crippen molar-refractivity contribution in [3.63, 3.8) is 0 Å². The molecule has 184 valence electrons. The van der Waals surface area contributed by atoms with E-state index in [9.17, 15) is 9.59 Å². The molecule has 0 aliphatic carbocycles. The van der Waals surface area contributed by atoms with Gasteiger partial charge < -0.3 is 24.0 Å². The summed E-state index contributed by atoms with van der Waals surface area (Å²) < 4.78 is 15.9. The molecule has 1 aromatic heterocycles. The zero-order valence-corrected chi connectivity index (χ0v) is 20.8. The summed E-state index contributed by atoms with van der Waals surface area (Å²) in [5.41, 5.74) is 2.09. The lowest BCUT2D eigenvalue weighted by Crippen LogP contribution is -2.49. The minimum Gasteiger partial charge on any atom is -0.495 e. The molecule has 0 spiro atoms. The molecule has 2 amide bonds. The van der Waals surface area contributed by atoms with Gasteiger partial charge in [-0.3, -0.25) is 14.9 Å². The minimum absolute atomic E-state index is 0.0211. The van der Waals surface area contributed by atoms with Gasteiger partial charge in [0.15, 0.2) is 16.6 Å². The van der Waals surface area contributed by atoms with Gasteiger partial charge in [-0.2, -0.15) is 0 Å². The van der Waals surface area contributed by atoms with Crippen LogP contribution in [0.5, 0.6) is 17.2 Å². The molecule has 1 saturated heterocycles. The number of thiazole rings is 1. The fourth-order valence-electron chi connectivity index (χ4n) is 3.95. The highest BCUT2D eigenvalue weighted by Crippen LogP contribution is 2.29. The molecule has 10 heteroatoms. The zero-order chi connectivity index (χ0) is 24.8. The number of benzene rings is 2. The van der Waals surface area contributed by atoms with Crippen LogP contribution in [-0.4, -0.2) is 69.2 Å². The Hall–Kier alpha value is -3.79. The van der Waals surface area contributed by atoms with Crippen LogP contribution in [0.25, 0.3) is 0 Å². The maximum Gasteiger partial charge on any atom is 0.257 e. The molecule has 9 nitrogen and oxygen atoms in total. The van der Waals surface area contributed by atoms with Crippen molar-refractivity contribution in [2.24, 2.45) is 0 Å². The average molecular weight is 497 g/mol. The third kappa shape index (κ3) is 5.65. The van der Waals surface area contributed by atoms with Crippen molar-refractivity contribution in [2.75, 3.05) is 57.7 Å². The fourth-order valence-corrected chi connectivity index (χ4v) is 4.65. The van der Waals surface area contributed by atoms with E-state index < -0.39 is 0 Å². The van der Waals surface area contributed by atoms with E-state index in [1.807, 2.05) is 29.2 Å². The molecule has 2 aromatic carbocycles. The molecule has 1 fully saturated rings. The van der Waals surface area contributed by atoms with Crippen molar-refractivity contribution in [2.45, 2.75) is 6.42 Å². The Balaban J connectivity index is 1.31. The third-order valence-electron chi connectivity index (χ3n) is 5.81. The highest BCUT2D eigenvalue weighted by Gasteiger charge is 2.23. The molecular formula is C25H28N4O5S. The van der Waals surface area contributed by atoms with Crippen molar-refractivity contribution in [1.82, 2.24) is 9.88 Å². The number of amides is 2. The number of hydrogen-bond acceptors (Lipinski definition) is 8. The molecule has 4 rings (SSSR count). The van der Waals surface area contributed by atoms with E-state index in [-0.39, 0.29) is 18.2 Å². The van der Waals surface area contributed by atoms with Gasteiger partial charge in [0.25, 0.3) is 5.91 Å².